The van der Waals surface area contributed by atoms with Crippen LogP contribution in [0.15, 0.2) is 50.2 Å². The lowest BCUT2D eigenvalue weighted by atomic mass is 10.1. The monoisotopic (exact) mass is 428 g/mol. The van der Waals surface area contributed by atoms with E-state index in [1.54, 1.807) is 7.11 Å². The van der Waals surface area contributed by atoms with Gasteiger partial charge in [-0.2, -0.15) is 0 Å². The number of benzene rings is 2. The molecule has 0 fully saturated rings. The van der Waals surface area contributed by atoms with Crippen molar-refractivity contribution in [1.29, 1.82) is 0 Å². The molecule has 0 amide bonds. The van der Waals surface area contributed by atoms with Gasteiger partial charge in [-0.15, -0.1) is 11.8 Å². The molecule has 0 saturated heterocycles. The van der Waals surface area contributed by atoms with Gasteiger partial charge in [-0.25, -0.2) is 0 Å². The molecule has 0 aliphatic carbocycles. The summed E-state index contributed by atoms with van der Waals surface area (Å²) >= 11 is 8.91. The molecular weight excluding hydrogens is 416 g/mol. The molecule has 2 nitrogen and oxygen atoms in total. The van der Waals surface area contributed by atoms with Gasteiger partial charge in [0.25, 0.3) is 0 Å². The van der Waals surface area contributed by atoms with Gasteiger partial charge >= 0.3 is 0 Å². The van der Waals surface area contributed by atoms with Crippen molar-refractivity contribution >= 4 is 43.6 Å². The molecule has 3 rings (SSSR count). The fourth-order valence-electron chi connectivity index (χ4n) is 2.31. The van der Waals surface area contributed by atoms with Crippen molar-refractivity contribution in [3.05, 3.63) is 50.9 Å². The van der Waals surface area contributed by atoms with Crippen molar-refractivity contribution in [1.82, 2.24) is 0 Å². The standard InChI is InChI=1S/C16H14Br2O2S/c1-19-14-7-13(18)15(8-12(14)17)20-9-11-6-10-4-2-3-5-16(10)21-11/h2-5,7-8,11H,6,9H2,1H3. The summed E-state index contributed by atoms with van der Waals surface area (Å²) in [5.41, 5.74) is 1.42. The number of thioether (sulfide) groups is 1. The Bertz CT molecular complexity index is 636. The van der Waals surface area contributed by atoms with Crippen LogP contribution in [0.1, 0.15) is 5.56 Å². The number of halogens is 2. The first-order chi connectivity index (χ1) is 10.2. The molecule has 0 saturated carbocycles. The van der Waals surface area contributed by atoms with Crippen LogP contribution in [0.4, 0.5) is 0 Å². The predicted octanol–water partition coefficient (Wildman–Crippen LogP) is 5.32. The molecule has 110 valence electrons. The Morgan fingerprint density at radius 1 is 1.14 bits per heavy atom. The van der Waals surface area contributed by atoms with Crippen molar-refractivity contribution in [3.8, 4) is 11.5 Å². The van der Waals surface area contributed by atoms with E-state index in [1.807, 2.05) is 23.9 Å². The van der Waals surface area contributed by atoms with Crippen LogP contribution in [0.3, 0.4) is 0 Å². The van der Waals surface area contributed by atoms with Gasteiger partial charge < -0.3 is 9.47 Å². The Hall–Kier alpha value is -0.650. The van der Waals surface area contributed by atoms with Crippen LogP contribution in [0.2, 0.25) is 0 Å². The normalized spacial score (nSPS) is 16.6. The quantitative estimate of drug-likeness (QED) is 0.655. The van der Waals surface area contributed by atoms with Gasteiger partial charge in [0.2, 0.25) is 0 Å². The number of hydrogen-bond acceptors (Lipinski definition) is 3. The van der Waals surface area contributed by atoms with Gasteiger partial charge in [-0.05, 0) is 62.0 Å². The van der Waals surface area contributed by atoms with Crippen molar-refractivity contribution < 1.29 is 9.47 Å². The molecule has 1 unspecified atom stereocenters. The molecule has 0 spiro atoms. The molecular formula is C16H14Br2O2S. The van der Waals surface area contributed by atoms with E-state index in [2.05, 4.69) is 56.1 Å². The average Bonchev–Trinajstić information content (AvgIpc) is 2.90. The fraction of sp³-hybridized carbons (Fsp3) is 0.250. The molecule has 1 heterocycles. The van der Waals surface area contributed by atoms with Crippen LogP contribution >= 0.6 is 43.6 Å². The van der Waals surface area contributed by atoms with E-state index < -0.39 is 0 Å². The molecule has 1 aliphatic heterocycles. The van der Waals surface area contributed by atoms with E-state index in [-0.39, 0.29) is 0 Å². The van der Waals surface area contributed by atoms with Crippen molar-refractivity contribution in [2.75, 3.05) is 13.7 Å². The highest BCUT2D eigenvalue weighted by molar-refractivity contribution is 9.11. The van der Waals surface area contributed by atoms with E-state index in [1.165, 1.54) is 10.5 Å². The van der Waals surface area contributed by atoms with E-state index in [0.29, 0.717) is 11.9 Å². The number of rotatable bonds is 4. The van der Waals surface area contributed by atoms with Gasteiger partial charge in [0.15, 0.2) is 0 Å². The molecule has 0 aromatic heterocycles. The Balaban J connectivity index is 1.66. The first kappa shape index (κ1) is 15.3. The lowest BCUT2D eigenvalue weighted by Gasteiger charge is -2.14. The molecule has 1 atom stereocenters. The minimum absolute atomic E-state index is 0.468. The fourth-order valence-corrected chi connectivity index (χ4v) is 4.45. The lowest BCUT2D eigenvalue weighted by molar-refractivity contribution is 0.314. The van der Waals surface area contributed by atoms with Crippen LogP contribution in [0.5, 0.6) is 11.5 Å². The predicted molar refractivity (Wildman–Crippen MR) is 93.7 cm³/mol. The molecule has 0 N–H and O–H groups in total. The zero-order chi connectivity index (χ0) is 14.8. The average molecular weight is 430 g/mol. The molecule has 1 aliphatic rings. The zero-order valence-corrected chi connectivity index (χ0v) is 15.4. The number of hydrogen-bond donors (Lipinski definition) is 0. The third kappa shape index (κ3) is 3.41. The van der Waals surface area contributed by atoms with Crippen LogP contribution in [0.25, 0.3) is 0 Å². The second-order valence-electron chi connectivity index (χ2n) is 4.78. The van der Waals surface area contributed by atoms with Crippen LogP contribution < -0.4 is 9.47 Å². The smallest absolute Gasteiger partial charge is 0.134 e. The maximum atomic E-state index is 5.98. The lowest BCUT2D eigenvalue weighted by Crippen LogP contribution is -2.13. The van der Waals surface area contributed by atoms with Gasteiger partial charge in [0.1, 0.15) is 18.1 Å². The third-order valence-electron chi connectivity index (χ3n) is 3.34. The highest BCUT2D eigenvalue weighted by Gasteiger charge is 2.22. The minimum Gasteiger partial charge on any atom is -0.496 e. The van der Waals surface area contributed by atoms with E-state index >= 15 is 0 Å². The maximum Gasteiger partial charge on any atom is 0.134 e. The summed E-state index contributed by atoms with van der Waals surface area (Å²) in [5.74, 6) is 1.62. The summed E-state index contributed by atoms with van der Waals surface area (Å²) in [6, 6.07) is 12.4. The number of methoxy groups -OCH3 is 1. The van der Waals surface area contributed by atoms with Crippen molar-refractivity contribution in [3.63, 3.8) is 0 Å². The molecule has 0 radical (unpaired) electrons. The zero-order valence-electron chi connectivity index (χ0n) is 11.4. The van der Waals surface area contributed by atoms with Gasteiger partial charge in [0.05, 0.1) is 16.1 Å². The summed E-state index contributed by atoms with van der Waals surface area (Å²) in [4.78, 5) is 1.38. The third-order valence-corrected chi connectivity index (χ3v) is 5.87. The molecule has 5 heteroatoms. The summed E-state index contributed by atoms with van der Waals surface area (Å²) in [7, 11) is 1.65. The highest BCUT2D eigenvalue weighted by Crippen LogP contribution is 2.39. The number of ether oxygens (including phenoxy) is 2. The molecule has 2 aromatic carbocycles. The summed E-state index contributed by atoms with van der Waals surface area (Å²) in [6.07, 6.45) is 1.07. The Morgan fingerprint density at radius 3 is 2.62 bits per heavy atom. The second kappa shape index (κ2) is 6.63. The van der Waals surface area contributed by atoms with Crippen LogP contribution in [0, 0.1) is 0 Å². The van der Waals surface area contributed by atoms with Gasteiger partial charge in [0, 0.05) is 10.1 Å². The Morgan fingerprint density at radius 2 is 1.86 bits per heavy atom. The van der Waals surface area contributed by atoms with Crippen molar-refractivity contribution in [2.45, 2.75) is 16.6 Å². The summed E-state index contributed by atoms with van der Waals surface area (Å²) in [5, 5.41) is 0.468. The van der Waals surface area contributed by atoms with Gasteiger partial charge in [-0.3, -0.25) is 0 Å². The Kier molecular flexibility index (Phi) is 4.82. The first-order valence-electron chi connectivity index (χ1n) is 6.58. The second-order valence-corrected chi connectivity index (χ2v) is 7.83. The van der Waals surface area contributed by atoms with Crippen LogP contribution in [-0.4, -0.2) is 19.0 Å². The highest BCUT2D eigenvalue weighted by atomic mass is 79.9. The summed E-state index contributed by atoms with van der Waals surface area (Å²) in [6.45, 7) is 0.691. The number of fused-ring (bicyclic) bond motifs is 1. The minimum atomic E-state index is 0.468. The summed E-state index contributed by atoms with van der Waals surface area (Å²) < 4.78 is 13.0. The maximum absolute atomic E-state index is 5.98. The molecule has 0 bridgehead atoms. The van der Waals surface area contributed by atoms with Crippen LogP contribution in [-0.2, 0) is 6.42 Å². The van der Waals surface area contributed by atoms with E-state index in [9.17, 15) is 0 Å². The molecule has 21 heavy (non-hydrogen) atoms. The first-order valence-corrected chi connectivity index (χ1v) is 9.04. The topological polar surface area (TPSA) is 18.5 Å². The SMILES string of the molecule is COc1cc(Br)c(OCC2Cc3ccccc3S2)cc1Br. The van der Waals surface area contributed by atoms with Gasteiger partial charge in [-0.1, -0.05) is 18.2 Å². The van der Waals surface area contributed by atoms with Crippen molar-refractivity contribution in [2.24, 2.45) is 0 Å². The Labute approximate surface area is 145 Å². The molecule has 2 aromatic rings. The van der Waals surface area contributed by atoms with E-state index in [4.69, 9.17) is 9.47 Å². The van der Waals surface area contributed by atoms with E-state index in [0.717, 1.165) is 26.9 Å². The largest absolute Gasteiger partial charge is 0.496 e.